The van der Waals surface area contributed by atoms with E-state index in [1.807, 2.05) is 0 Å². The number of ether oxygens (including phenoxy) is 1. The van der Waals surface area contributed by atoms with E-state index < -0.39 is 0 Å². The highest BCUT2D eigenvalue weighted by molar-refractivity contribution is 5.17. The van der Waals surface area contributed by atoms with Gasteiger partial charge in [0.05, 0.1) is 6.61 Å². The molecule has 1 heterocycles. The number of methoxy groups -OCH3 is 1. The number of aryl methyl sites for hydroxylation is 1. The van der Waals surface area contributed by atoms with Crippen LogP contribution in [-0.4, -0.2) is 30.4 Å². The maximum Gasteiger partial charge on any atom is 0.321 e. The molecule has 0 saturated heterocycles. The second-order valence-corrected chi connectivity index (χ2v) is 3.09. The van der Waals surface area contributed by atoms with E-state index in [1.54, 1.807) is 14.0 Å². The van der Waals surface area contributed by atoms with Crippen LogP contribution in [0.25, 0.3) is 0 Å². The Morgan fingerprint density at radius 3 is 2.92 bits per heavy atom. The van der Waals surface area contributed by atoms with E-state index in [0.29, 0.717) is 17.8 Å². The standard InChI is InChI=1S/C8H15N3O2/c1-6(5-12-3)4-9-8-10-7(2)11-13-8/h6H,4-5H2,1-3H3,(H,9,10,11). The minimum atomic E-state index is 0.428. The van der Waals surface area contributed by atoms with Crippen molar-refractivity contribution in [1.82, 2.24) is 10.1 Å². The highest BCUT2D eigenvalue weighted by Gasteiger charge is 2.04. The molecular weight excluding hydrogens is 170 g/mol. The lowest BCUT2D eigenvalue weighted by Crippen LogP contribution is -2.15. The normalized spacial score (nSPS) is 12.8. The molecule has 1 rings (SSSR count). The molecule has 0 spiro atoms. The Balaban J connectivity index is 2.26. The van der Waals surface area contributed by atoms with Crippen molar-refractivity contribution in [3.8, 4) is 0 Å². The molecule has 0 fully saturated rings. The maximum absolute atomic E-state index is 4.99. The summed E-state index contributed by atoms with van der Waals surface area (Å²) in [5, 5.41) is 6.69. The van der Waals surface area contributed by atoms with Gasteiger partial charge in [-0.2, -0.15) is 4.98 Å². The second kappa shape index (κ2) is 4.81. The predicted octanol–water partition coefficient (Wildman–Crippen LogP) is 1.07. The fourth-order valence-electron chi connectivity index (χ4n) is 0.974. The van der Waals surface area contributed by atoms with Crippen molar-refractivity contribution in [2.75, 3.05) is 25.6 Å². The molecule has 0 bridgehead atoms. The van der Waals surface area contributed by atoms with Crippen LogP contribution in [-0.2, 0) is 4.74 Å². The molecule has 0 saturated carbocycles. The Morgan fingerprint density at radius 1 is 1.62 bits per heavy atom. The number of hydrogen-bond donors (Lipinski definition) is 1. The van der Waals surface area contributed by atoms with Crippen molar-refractivity contribution in [3.63, 3.8) is 0 Å². The van der Waals surface area contributed by atoms with Gasteiger partial charge in [-0.25, -0.2) is 0 Å². The maximum atomic E-state index is 4.99. The Hall–Kier alpha value is -1.10. The lowest BCUT2D eigenvalue weighted by atomic mass is 10.2. The highest BCUT2D eigenvalue weighted by Crippen LogP contribution is 2.03. The van der Waals surface area contributed by atoms with Crippen LogP contribution in [0.3, 0.4) is 0 Å². The Labute approximate surface area is 77.5 Å². The summed E-state index contributed by atoms with van der Waals surface area (Å²) in [6, 6.07) is 0.473. The van der Waals surface area contributed by atoms with Crippen LogP contribution in [0.5, 0.6) is 0 Å². The molecule has 1 atom stereocenters. The minimum absolute atomic E-state index is 0.428. The van der Waals surface area contributed by atoms with Gasteiger partial charge in [0.15, 0.2) is 5.82 Å². The fraction of sp³-hybridized carbons (Fsp3) is 0.750. The zero-order valence-corrected chi connectivity index (χ0v) is 8.20. The molecule has 0 aliphatic carbocycles. The molecule has 0 amide bonds. The van der Waals surface area contributed by atoms with Crippen molar-refractivity contribution in [1.29, 1.82) is 0 Å². The quantitative estimate of drug-likeness (QED) is 0.743. The zero-order chi connectivity index (χ0) is 9.68. The summed E-state index contributed by atoms with van der Waals surface area (Å²) in [6.45, 7) is 5.36. The Bertz CT molecular complexity index is 249. The van der Waals surface area contributed by atoms with Crippen LogP contribution >= 0.6 is 0 Å². The SMILES string of the molecule is COCC(C)CNc1nc(C)no1. The van der Waals surface area contributed by atoms with Gasteiger partial charge in [-0.05, 0) is 12.8 Å². The first-order valence-electron chi connectivity index (χ1n) is 4.25. The number of nitrogens with zero attached hydrogens (tertiary/aromatic N) is 2. The molecule has 13 heavy (non-hydrogen) atoms. The van der Waals surface area contributed by atoms with Crippen LogP contribution in [0, 0.1) is 12.8 Å². The Kier molecular flexibility index (Phi) is 3.70. The second-order valence-electron chi connectivity index (χ2n) is 3.09. The number of nitrogens with one attached hydrogen (secondary N) is 1. The van der Waals surface area contributed by atoms with Crippen molar-refractivity contribution in [3.05, 3.63) is 5.82 Å². The number of anilines is 1. The van der Waals surface area contributed by atoms with E-state index in [2.05, 4.69) is 22.4 Å². The van der Waals surface area contributed by atoms with Gasteiger partial charge in [0.25, 0.3) is 0 Å². The van der Waals surface area contributed by atoms with Crippen LogP contribution in [0.4, 0.5) is 6.01 Å². The van der Waals surface area contributed by atoms with E-state index in [0.717, 1.165) is 13.2 Å². The van der Waals surface area contributed by atoms with Gasteiger partial charge in [-0.3, -0.25) is 0 Å². The first kappa shape index (κ1) is 9.98. The summed E-state index contributed by atoms with van der Waals surface area (Å²) >= 11 is 0. The number of hydrogen-bond acceptors (Lipinski definition) is 5. The van der Waals surface area contributed by atoms with Gasteiger partial charge in [-0.15, -0.1) is 0 Å². The molecule has 0 radical (unpaired) electrons. The van der Waals surface area contributed by atoms with Crippen molar-refractivity contribution in [2.24, 2.45) is 5.92 Å². The third kappa shape index (κ3) is 3.42. The Morgan fingerprint density at radius 2 is 2.38 bits per heavy atom. The lowest BCUT2D eigenvalue weighted by Gasteiger charge is -2.08. The molecule has 74 valence electrons. The topological polar surface area (TPSA) is 60.2 Å². The molecule has 0 aliphatic heterocycles. The summed E-state index contributed by atoms with van der Waals surface area (Å²) in [7, 11) is 1.69. The van der Waals surface area contributed by atoms with Gasteiger partial charge in [-0.1, -0.05) is 12.1 Å². The van der Waals surface area contributed by atoms with Crippen molar-refractivity contribution in [2.45, 2.75) is 13.8 Å². The monoisotopic (exact) mass is 185 g/mol. The molecule has 1 unspecified atom stereocenters. The van der Waals surface area contributed by atoms with Crippen LogP contribution < -0.4 is 5.32 Å². The molecule has 0 aliphatic rings. The van der Waals surface area contributed by atoms with E-state index in [9.17, 15) is 0 Å². The smallest absolute Gasteiger partial charge is 0.321 e. The minimum Gasteiger partial charge on any atom is -0.384 e. The third-order valence-corrected chi connectivity index (χ3v) is 1.58. The van der Waals surface area contributed by atoms with Crippen molar-refractivity contribution >= 4 is 6.01 Å². The summed E-state index contributed by atoms with van der Waals surface area (Å²) < 4.78 is 9.87. The van der Waals surface area contributed by atoms with Crippen LogP contribution in [0.15, 0.2) is 4.52 Å². The molecule has 5 nitrogen and oxygen atoms in total. The molecule has 1 aromatic heterocycles. The summed E-state index contributed by atoms with van der Waals surface area (Å²) in [4.78, 5) is 4.01. The number of rotatable bonds is 5. The zero-order valence-electron chi connectivity index (χ0n) is 8.20. The van der Waals surface area contributed by atoms with Gasteiger partial charge >= 0.3 is 6.01 Å². The van der Waals surface area contributed by atoms with E-state index >= 15 is 0 Å². The predicted molar refractivity (Wildman–Crippen MR) is 48.6 cm³/mol. The summed E-state index contributed by atoms with van der Waals surface area (Å²) in [5.41, 5.74) is 0. The first-order valence-corrected chi connectivity index (χ1v) is 4.25. The van der Waals surface area contributed by atoms with Gasteiger partial charge in [0.2, 0.25) is 0 Å². The summed E-state index contributed by atoms with van der Waals surface area (Å²) in [6.07, 6.45) is 0. The van der Waals surface area contributed by atoms with Crippen molar-refractivity contribution < 1.29 is 9.26 Å². The largest absolute Gasteiger partial charge is 0.384 e. The lowest BCUT2D eigenvalue weighted by molar-refractivity contribution is 0.164. The molecular formula is C8H15N3O2. The van der Waals surface area contributed by atoms with Crippen LogP contribution in [0.2, 0.25) is 0 Å². The average Bonchev–Trinajstić information content (AvgIpc) is 2.49. The van der Waals surface area contributed by atoms with Gasteiger partial charge in [0.1, 0.15) is 0 Å². The first-order chi connectivity index (χ1) is 6.22. The van der Waals surface area contributed by atoms with E-state index in [4.69, 9.17) is 9.26 Å². The van der Waals surface area contributed by atoms with Gasteiger partial charge in [0, 0.05) is 13.7 Å². The molecule has 1 N–H and O–H groups in total. The highest BCUT2D eigenvalue weighted by atomic mass is 16.5. The van der Waals surface area contributed by atoms with E-state index in [-0.39, 0.29) is 0 Å². The molecule has 5 heteroatoms. The molecule has 1 aromatic rings. The fourth-order valence-corrected chi connectivity index (χ4v) is 0.974. The third-order valence-electron chi connectivity index (χ3n) is 1.58. The molecule has 0 aromatic carbocycles. The van der Waals surface area contributed by atoms with Gasteiger partial charge < -0.3 is 14.6 Å². The summed E-state index contributed by atoms with van der Waals surface area (Å²) in [5.74, 6) is 1.07. The average molecular weight is 185 g/mol. The van der Waals surface area contributed by atoms with E-state index in [1.165, 1.54) is 0 Å². The number of aromatic nitrogens is 2. The van der Waals surface area contributed by atoms with Crippen LogP contribution in [0.1, 0.15) is 12.7 Å².